The summed E-state index contributed by atoms with van der Waals surface area (Å²) < 4.78 is 0. The summed E-state index contributed by atoms with van der Waals surface area (Å²) in [5, 5.41) is 0. The van der Waals surface area contributed by atoms with Gasteiger partial charge in [0.15, 0.2) is 0 Å². The average Bonchev–Trinajstić information content (AvgIpc) is 2.21. The summed E-state index contributed by atoms with van der Waals surface area (Å²) in [5.41, 5.74) is 0. The van der Waals surface area contributed by atoms with Crippen molar-refractivity contribution in [3.8, 4) is 0 Å². The zero-order valence-corrected chi connectivity index (χ0v) is 12.5. The smallest absolute Gasteiger partial charge is 0.343 e. The number of hydrogen-bond acceptors (Lipinski definition) is 0. The molecule has 0 spiro atoms. The van der Waals surface area contributed by atoms with E-state index in [9.17, 15) is 0 Å². The Labute approximate surface area is 111 Å². The van der Waals surface area contributed by atoms with Crippen LogP contribution in [0.4, 0.5) is 0 Å². The second-order valence-electron chi connectivity index (χ2n) is 3.83. The van der Waals surface area contributed by atoms with Crippen LogP contribution in [0.1, 0.15) is 78.1 Å². The monoisotopic (exact) mass is 301 g/mol. The third-order valence-corrected chi connectivity index (χ3v) is 2.21. The zero-order chi connectivity index (χ0) is 11.1. The molecule has 95 valence electrons. The fourth-order valence-corrected chi connectivity index (χ4v) is 1.21. The van der Waals surface area contributed by atoms with Crippen LogP contribution in [0, 0.1) is 13.8 Å². The summed E-state index contributed by atoms with van der Waals surface area (Å²) in [5.74, 6) is 0. The molecule has 0 aliphatic carbocycles. The van der Waals surface area contributed by atoms with Gasteiger partial charge in [-0.1, -0.05) is 65.2 Å². The van der Waals surface area contributed by atoms with Gasteiger partial charge in [0, 0.05) is 0 Å². The van der Waals surface area contributed by atoms with Crippen molar-refractivity contribution in [1.29, 1.82) is 0 Å². The molecular formula is C14H30Rh. The van der Waals surface area contributed by atoms with E-state index < -0.39 is 0 Å². The van der Waals surface area contributed by atoms with E-state index >= 15 is 0 Å². The van der Waals surface area contributed by atoms with Gasteiger partial charge in [-0.2, -0.15) is 12.8 Å². The first-order chi connectivity index (χ1) is 6.83. The Morgan fingerprint density at radius 2 is 0.933 bits per heavy atom. The van der Waals surface area contributed by atoms with E-state index in [-0.39, 0.29) is 19.5 Å². The molecule has 15 heavy (non-hydrogen) atoms. The summed E-state index contributed by atoms with van der Waals surface area (Å²) in [6.07, 6.45) is 13.0. The SMILES string of the molecule is [CH2-]CCCCCC.[CH2-]CCCCCC.[Rh+2]. The van der Waals surface area contributed by atoms with Crippen molar-refractivity contribution in [2.45, 2.75) is 78.1 Å². The minimum Gasteiger partial charge on any atom is -0.343 e. The van der Waals surface area contributed by atoms with Crippen molar-refractivity contribution in [1.82, 2.24) is 0 Å². The normalized spacial score (nSPS) is 8.80. The fourth-order valence-electron chi connectivity index (χ4n) is 1.21. The van der Waals surface area contributed by atoms with Gasteiger partial charge in [0.25, 0.3) is 0 Å². The van der Waals surface area contributed by atoms with Gasteiger partial charge in [-0.05, 0) is 0 Å². The van der Waals surface area contributed by atoms with Crippen LogP contribution < -0.4 is 0 Å². The second kappa shape index (κ2) is 24.0. The molecule has 1 heteroatoms. The molecule has 0 saturated heterocycles. The molecule has 0 fully saturated rings. The molecule has 0 N–H and O–H groups in total. The molecule has 0 aromatic rings. The molecule has 0 heterocycles. The van der Waals surface area contributed by atoms with Gasteiger partial charge in [0.2, 0.25) is 0 Å². The van der Waals surface area contributed by atoms with Crippen LogP contribution >= 0.6 is 0 Å². The number of rotatable bonds is 8. The van der Waals surface area contributed by atoms with E-state index in [4.69, 9.17) is 0 Å². The minimum atomic E-state index is 0. The third kappa shape index (κ3) is 31.3. The third-order valence-electron chi connectivity index (χ3n) is 2.21. The molecule has 0 aromatic carbocycles. The Balaban J connectivity index is -0.000000180. The van der Waals surface area contributed by atoms with Crippen molar-refractivity contribution in [3.63, 3.8) is 0 Å². The Kier molecular flexibility index (Phi) is 33.6. The molecule has 1 radical (unpaired) electrons. The number of unbranched alkanes of at least 4 members (excludes halogenated alkanes) is 8. The van der Waals surface area contributed by atoms with Gasteiger partial charge in [0.05, 0.1) is 0 Å². The van der Waals surface area contributed by atoms with E-state index in [0.29, 0.717) is 0 Å². The topological polar surface area (TPSA) is 0 Å². The van der Waals surface area contributed by atoms with E-state index in [1.165, 1.54) is 51.4 Å². The first-order valence-electron chi connectivity index (χ1n) is 6.41. The van der Waals surface area contributed by atoms with Crippen LogP contribution in [-0.2, 0) is 19.5 Å². The minimum absolute atomic E-state index is 0. The van der Waals surface area contributed by atoms with Crippen LogP contribution in [0.2, 0.25) is 0 Å². The Bertz CT molecular complexity index is 53.7. The quantitative estimate of drug-likeness (QED) is 0.312. The Morgan fingerprint density at radius 3 is 1.13 bits per heavy atom. The molecule has 0 aliphatic rings. The second-order valence-corrected chi connectivity index (χ2v) is 3.83. The molecule has 0 aromatic heterocycles. The molecule has 0 saturated carbocycles. The maximum atomic E-state index is 3.76. The maximum absolute atomic E-state index is 3.76. The van der Waals surface area contributed by atoms with E-state index in [2.05, 4.69) is 27.7 Å². The van der Waals surface area contributed by atoms with Gasteiger partial charge in [-0.25, -0.2) is 0 Å². The molecule has 0 atom stereocenters. The van der Waals surface area contributed by atoms with Crippen LogP contribution in [0.15, 0.2) is 0 Å². The summed E-state index contributed by atoms with van der Waals surface area (Å²) >= 11 is 0. The van der Waals surface area contributed by atoms with Gasteiger partial charge in [-0.15, -0.1) is 0 Å². The summed E-state index contributed by atoms with van der Waals surface area (Å²) in [7, 11) is 0. The predicted octanol–water partition coefficient (Wildman–Crippen LogP) is 5.58. The van der Waals surface area contributed by atoms with Gasteiger partial charge in [0.1, 0.15) is 0 Å². The van der Waals surface area contributed by atoms with Crippen LogP contribution in [0.25, 0.3) is 0 Å². The fraction of sp³-hybridized carbons (Fsp3) is 0.857. The molecule has 0 nitrogen and oxygen atoms in total. The maximum Gasteiger partial charge on any atom is 2.00 e. The van der Waals surface area contributed by atoms with Crippen molar-refractivity contribution in [2.24, 2.45) is 0 Å². The van der Waals surface area contributed by atoms with Crippen molar-refractivity contribution in [3.05, 3.63) is 13.8 Å². The molecule has 0 aliphatic heterocycles. The molecule has 0 amide bonds. The molecule has 0 bridgehead atoms. The summed E-state index contributed by atoms with van der Waals surface area (Å²) in [6, 6.07) is 0. The summed E-state index contributed by atoms with van der Waals surface area (Å²) in [4.78, 5) is 0. The van der Waals surface area contributed by atoms with E-state index in [0.717, 1.165) is 12.8 Å². The Morgan fingerprint density at radius 1 is 0.600 bits per heavy atom. The van der Waals surface area contributed by atoms with E-state index in [1.54, 1.807) is 0 Å². The zero-order valence-electron chi connectivity index (χ0n) is 10.8. The standard InChI is InChI=1S/2C7H15.Rh/c2*1-3-5-7-6-4-2;/h2*1,3-7H2,2H3;/q2*-1;+2. The van der Waals surface area contributed by atoms with Gasteiger partial charge < -0.3 is 13.8 Å². The number of hydrogen-bond donors (Lipinski definition) is 0. The van der Waals surface area contributed by atoms with Gasteiger partial charge in [-0.3, -0.25) is 0 Å². The van der Waals surface area contributed by atoms with Crippen LogP contribution in [0.5, 0.6) is 0 Å². The molecular weight excluding hydrogens is 271 g/mol. The van der Waals surface area contributed by atoms with Crippen molar-refractivity contribution in [2.75, 3.05) is 0 Å². The first kappa shape index (κ1) is 21.0. The van der Waals surface area contributed by atoms with Crippen LogP contribution in [0.3, 0.4) is 0 Å². The average molecular weight is 301 g/mol. The molecule has 0 unspecified atom stereocenters. The Hall–Kier alpha value is 0.623. The summed E-state index contributed by atoms with van der Waals surface area (Å²) in [6.45, 7) is 12.0. The van der Waals surface area contributed by atoms with E-state index in [1.807, 2.05) is 0 Å². The van der Waals surface area contributed by atoms with Crippen LogP contribution in [-0.4, -0.2) is 0 Å². The van der Waals surface area contributed by atoms with Gasteiger partial charge >= 0.3 is 19.5 Å². The largest absolute Gasteiger partial charge is 2.00 e. The molecule has 0 rings (SSSR count). The van der Waals surface area contributed by atoms with Crippen molar-refractivity contribution >= 4 is 0 Å². The van der Waals surface area contributed by atoms with Crippen molar-refractivity contribution < 1.29 is 19.5 Å². The predicted molar refractivity (Wildman–Crippen MR) is 68.2 cm³/mol. The first-order valence-corrected chi connectivity index (χ1v) is 6.41.